The van der Waals surface area contributed by atoms with E-state index in [9.17, 15) is 31.2 Å². The first-order chi connectivity index (χ1) is 18.9. The summed E-state index contributed by atoms with van der Waals surface area (Å²) in [4.78, 5) is 27.8. The number of nitrogens with one attached hydrogen (secondary N) is 1. The molecule has 0 heterocycles. The number of carbonyl (C=O) groups excluding carboxylic acids is 2. The van der Waals surface area contributed by atoms with Gasteiger partial charge in [-0.3, -0.25) is 13.9 Å². The molecule has 3 aromatic rings. The van der Waals surface area contributed by atoms with Gasteiger partial charge < -0.3 is 10.2 Å². The third-order valence-electron chi connectivity index (χ3n) is 6.09. The van der Waals surface area contributed by atoms with Gasteiger partial charge in [-0.1, -0.05) is 67.1 Å². The van der Waals surface area contributed by atoms with Gasteiger partial charge in [0.05, 0.1) is 21.2 Å². The number of anilines is 1. The fourth-order valence-electron chi connectivity index (χ4n) is 4.13. The number of halogens is 4. The van der Waals surface area contributed by atoms with Crippen molar-refractivity contribution < 1.29 is 31.2 Å². The van der Waals surface area contributed by atoms with Crippen molar-refractivity contribution in [2.45, 2.75) is 43.9 Å². The molecule has 1 N–H and O–H groups in total. The second kappa shape index (κ2) is 13.2. The Balaban J connectivity index is 2.13. The number of carbonyl (C=O) groups is 2. The third-order valence-corrected chi connectivity index (χ3v) is 8.20. The topological polar surface area (TPSA) is 86.8 Å². The standard InChI is InChI=1S/C28H29ClF3N3O4S/c1-3-25(27(37)33-4-2)34(18-20-11-7-5-8-12-20)26(36)19-35(40(38,39)22-13-9-6-10-14-22)21-15-16-24(29)23(17-21)28(30,31)32/h5-17,25H,3-4,18-19H2,1-2H3,(H,33,37)/t25-/m0/s1. The maximum atomic E-state index is 13.9. The van der Waals surface area contributed by atoms with Gasteiger partial charge in [-0.05, 0) is 49.2 Å². The summed E-state index contributed by atoms with van der Waals surface area (Å²) in [7, 11) is -4.52. The van der Waals surface area contributed by atoms with Gasteiger partial charge in [0.25, 0.3) is 10.0 Å². The molecule has 0 aliphatic carbocycles. The van der Waals surface area contributed by atoms with Crippen LogP contribution in [0.25, 0.3) is 0 Å². The van der Waals surface area contributed by atoms with E-state index in [1.807, 2.05) is 0 Å². The Kier molecular flexibility index (Phi) is 10.2. The van der Waals surface area contributed by atoms with E-state index in [2.05, 4.69) is 5.32 Å². The molecule has 7 nitrogen and oxygen atoms in total. The maximum Gasteiger partial charge on any atom is 0.417 e. The third kappa shape index (κ3) is 7.33. The first-order valence-electron chi connectivity index (χ1n) is 12.5. The molecular formula is C28H29ClF3N3O4S. The van der Waals surface area contributed by atoms with Crippen LogP contribution in [0.2, 0.25) is 5.02 Å². The molecule has 12 heteroatoms. The van der Waals surface area contributed by atoms with Gasteiger partial charge >= 0.3 is 6.18 Å². The summed E-state index contributed by atoms with van der Waals surface area (Å²) in [5.74, 6) is -1.21. The molecule has 40 heavy (non-hydrogen) atoms. The van der Waals surface area contributed by atoms with Crippen LogP contribution in [-0.2, 0) is 32.3 Å². The minimum absolute atomic E-state index is 0.0248. The minimum Gasteiger partial charge on any atom is -0.355 e. The molecule has 0 aliphatic rings. The quantitative estimate of drug-likeness (QED) is 0.317. The molecule has 0 spiro atoms. The second-order valence-electron chi connectivity index (χ2n) is 8.81. The van der Waals surface area contributed by atoms with Crippen LogP contribution < -0.4 is 9.62 Å². The summed E-state index contributed by atoms with van der Waals surface area (Å²) in [6, 6.07) is 17.5. The number of alkyl halides is 3. The Bertz CT molecular complexity index is 1420. The lowest BCUT2D eigenvalue weighted by Crippen LogP contribution is -2.52. The molecule has 0 saturated heterocycles. The van der Waals surface area contributed by atoms with Crippen LogP contribution in [-0.4, -0.2) is 44.3 Å². The predicted octanol–water partition coefficient (Wildman–Crippen LogP) is 5.50. The van der Waals surface area contributed by atoms with Crippen LogP contribution in [0.15, 0.2) is 83.8 Å². The molecule has 0 fully saturated rings. The number of benzene rings is 3. The number of rotatable bonds is 11. The SMILES string of the molecule is CCNC(=O)[C@H](CC)N(Cc1ccccc1)C(=O)CN(c1ccc(Cl)c(C(F)(F)F)c1)S(=O)(=O)c1ccccc1. The molecular weight excluding hydrogens is 567 g/mol. The number of hydrogen-bond donors (Lipinski definition) is 1. The van der Waals surface area contributed by atoms with Gasteiger partial charge in [0.1, 0.15) is 12.6 Å². The number of sulfonamides is 1. The van der Waals surface area contributed by atoms with Crippen LogP contribution in [0.1, 0.15) is 31.4 Å². The number of nitrogens with zero attached hydrogens (tertiary/aromatic N) is 2. The van der Waals surface area contributed by atoms with Crippen LogP contribution in [0.4, 0.5) is 18.9 Å². The highest BCUT2D eigenvalue weighted by Gasteiger charge is 2.37. The summed E-state index contributed by atoms with van der Waals surface area (Å²) in [6.07, 6.45) is -4.65. The van der Waals surface area contributed by atoms with Gasteiger partial charge in [-0.15, -0.1) is 0 Å². The fourth-order valence-corrected chi connectivity index (χ4v) is 5.78. The average molecular weight is 596 g/mol. The number of amides is 2. The molecule has 2 amide bonds. The zero-order chi connectivity index (χ0) is 29.5. The average Bonchev–Trinajstić information content (AvgIpc) is 2.92. The lowest BCUT2D eigenvalue weighted by Gasteiger charge is -2.33. The van der Waals surface area contributed by atoms with Crippen molar-refractivity contribution in [2.75, 3.05) is 17.4 Å². The molecule has 0 radical (unpaired) electrons. The van der Waals surface area contributed by atoms with E-state index in [0.29, 0.717) is 22.5 Å². The van der Waals surface area contributed by atoms with E-state index in [0.717, 1.165) is 12.1 Å². The molecule has 3 rings (SSSR count). The van der Waals surface area contributed by atoms with Crippen LogP contribution in [0.5, 0.6) is 0 Å². The summed E-state index contributed by atoms with van der Waals surface area (Å²) < 4.78 is 69.1. The summed E-state index contributed by atoms with van der Waals surface area (Å²) in [6.45, 7) is 2.85. The lowest BCUT2D eigenvalue weighted by molar-refractivity contribution is -0.140. The largest absolute Gasteiger partial charge is 0.417 e. The van der Waals surface area contributed by atoms with Crippen LogP contribution in [0.3, 0.4) is 0 Å². The Hall–Kier alpha value is -3.57. The van der Waals surface area contributed by atoms with Crippen molar-refractivity contribution in [2.24, 2.45) is 0 Å². The summed E-state index contributed by atoms with van der Waals surface area (Å²) >= 11 is 5.78. The second-order valence-corrected chi connectivity index (χ2v) is 11.1. The lowest BCUT2D eigenvalue weighted by atomic mass is 10.1. The van der Waals surface area contributed by atoms with Gasteiger partial charge in [0.15, 0.2) is 0 Å². The molecule has 0 aliphatic heterocycles. The van der Waals surface area contributed by atoms with Crippen molar-refractivity contribution in [1.29, 1.82) is 0 Å². The van der Waals surface area contributed by atoms with Crippen molar-refractivity contribution in [3.63, 3.8) is 0 Å². The summed E-state index contributed by atoms with van der Waals surface area (Å²) in [5, 5.41) is 2.07. The van der Waals surface area contributed by atoms with E-state index in [1.165, 1.54) is 29.2 Å². The van der Waals surface area contributed by atoms with Gasteiger partial charge in [0.2, 0.25) is 11.8 Å². The molecule has 1 atom stereocenters. The highest BCUT2D eigenvalue weighted by atomic mass is 35.5. The summed E-state index contributed by atoms with van der Waals surface area (Å²) in [5.41, 5.74) is -0.969. The molecule has 214 valence electrons. The van der Waals surface area contributed by atoms with E-state index < -0.39 is 56.9 Å². The zero-order valence-corrected chi connectivity index (χ0v) is 23.4. The van der Waals surface area contributed by atoms with Gasteiger partial charge in [-0.2, -0.15) is 13.2 Å². The fraction of sp³-hybridized carbons (Fsp3) is 0.286. The maximum absolute atomic E-state index is 13.9. The smallest absolute Gasteiger partial charge is 0.355 e. The van der Waals surface area contributed by atoms with E-state index in [1.54, 1.807) is 50.2 Å². The minimum atomic E-state index is -4.87. The Morgan fingerprint density at radius 2 is 1.55 bits per heavy atom. The normalized spacial score (nSPS) is 12.4. The predicted molar refractivity (Wildman–Crippen MR) is 147 cm³/mol. The first-order valence-corrected chi connectivity index (χ1v) is 14.3. The van der Waals surface area contributed by atoms with Crippen LogP contribution in [0, 0.1) is 0 Å². The van der Waals surface area contributed by atoms with Crippen LogP contribution >= 0.6 is 11.6 Å². The highest BCUT2D eigenvalue weighted by molar-refractivity contribution is 7.92. The monoisotopic (exact) mass is 595 g/mol. The highest BCUT2D eigenvalue weighted by Crippen LogP contribution is 2.38. The van der Waals surface area contributed by atoms with Gasteiger partial charge in [0, 0.05) is 13.1 Å². The van der Waals surface area contributed by atoms with E-state index in [4.69, 9.17) is 11.6 Å². The van der Waals surface area contributed by atoms with Crippen molar-refractivity contribution >= 4 is 39.1 Å². The van der Waals surface area contributed by atoms with Gasteiger partial charge in [-0.25, -0.2) is 8.42 Å². The van der Waals surface area contributed by atoms with Crippen molar-refractivity contribution in [1.82, 2.24) is 10.2 Å². The molecule has 3 aromatic carbocycles. The Morgan fingerprint density at radius 1 is 0.950 bits per heavy atom. The Morgan fingerprint density at radius 3 is 2.10 bits per heavy atom. The molecule has 0 unspecified atom stereocenters. The van der Waals surface area contributed by atoms with E-state index in [-0.39, 0.29) is 17.9 Å². The Labute approximate surface area is 236 Å². The molecule has 0 saturated carbocycles. The number of hydrogen-bond acceptors (Lipinski definition) is 4. The van der Waals surface area contributed by atoms with Crippen molar-refractivity contribution in [3.05, 3.63) is 95.0 Å². The zero-order valence-electron chi connectivity index (χ0n) is 21.9. The van der Waals surface area contributed by atoms with Crippen molar-refractivity contribution in [3.8, 4) is 0 Å². The van der Waals surface area contributed by atoms with E-state index >= 15 is 0 Å². The molecule has 0 aromatic heterocycles. The first kappa shape index (κ1) is 31.0. The molecule has 0 bridgehead atoms. The number of likely N-dealkylation sites (N-methyl/N-ethyl adjacent to an activating group) is 1.